The van der Waals surface area contributed by atoms with Crippen LogP contribution in [0.4, 0.5) is 11.5 Å². The molecular formula is C31H30N6O2S. The summed E-state index contributed by atoms with van der Waals surface area (Å²) in [6, 6.07) is 18.5. The zero-order valence-corrected chi connectivity index (χ0v) is 23.2. The summed E-state index contributed by atoms with van der Waals surface area (Å²) in [6.45, 7) is 7.46. The van der Waals surface area contributed by atoms with Crippen LogP contribution in [0, 0.1) is 31.6 Å². The number of likely N-dealkylation sites (tertiary alicyclic amines) is 1. The third kappa shape index (κ3) is 4.92. The number of aryl methyl sites for hydroxylation is 2. The number of benzene rings is 2. The van der Waals surface area contributed by atoms with Crippen molar-refractivity contribution in [1.29, 1.82) is 0 Å². The molecule has 1 saturated carbocycles. The van der Waals surface area contributed by atoms with Crippen molar-refractivity contribution >= 4 is 33.2 Å². The monoisotopic (exact) mass is 550 g/mol. The molecule has 0 amide bonds. The Morgan fingerprint density at radius 2 is 1.82 bits per heavy atom. The van der Waals surface area contributed by atoms with Crippen LogP contribution < -0.4 is 10.1 Å². The van der Waals surface area contributed by atoms with Crippen LogP contribution in [0.1, 0.15) is 16.8 Å². The zero-order valence-electron chi connectivity index (χ0n) is 22.4. The molecule has 8 nitrogen and oxygen atoms in total. The van der Waals surface area contributed by atoms with Crippen molar-refractivity contribution in [2.75, 3.05) is 25.0 Å². The number of rotatable bonds is 8. The zero-order chi connectivity index (χ0) is 27.2. The van der Waals surface area contributed by atoms with Crippen LogP contribution in [0.15, 0.2) is 67.1 Å². The molecule has 5 aromatic rings. The maximum atomic E-state index is 9.40. The summed E-state index contributed by atoms with van der Waals surface area (Å²) in [5, 5.41) is 13.7. The summed E-state index contributed by atoms with van der Waals surface area (Å²) in [6.07, 6.45) is 3.31. The highest BCUT2D eigenvalue weighted by Crippen LogP contribution is 2.51. The number of aliphatic hydroxyl groups is 1. The predicted octanol–water partition coefficient (Wildman–Crippen LogP) is 5.97. The molecule has 202 valence electrons. The van der Waals surface area contributed by atoms with E-state index in [9.17, 15) is 5.11 Å². The second-order valence-electron chi connectivity index (χ2n) is 10.8. The van der Waals surface area contributed by atoms with E-state index in [4.69, 9.17) is 9.72 Å². The Morgan fingerprint density at radius 3 is 2.55 bits per heavy atom. The number of aromatic nitrogens is 4. The number of anilines is 2. The Labute approximate surface area is 236 Å². The highest BCUT2D eigenvalue weighted by molar-refractivity contribution is 7.21. The second kappa shape index (κ2) is 10.2. The molecule has 2 atom stereocenters. The third-order valence-corrected chi connectivity index (χ3v) is 9.02. The van der Waals surface area contributed by atoms with Crippen LogP contribution >= 0.6 is 11.3 Å². The van der Waals surface area contributed by atoms with E-state index in [1.165, 1.54) is 5.56 Å². The standard InChI is InChI=1S/C31H30N6O2S/c1-18-11-22(8-10-27(18)39-23-9-3-19(2)32-12-23)35-29-28-31(34-17-33-29)40-30(36-28)21-6-4-20(5-7-21)13-37-14-24-25(15-37)26(24)16-38/h3-12,17,24-26,38H,13-16H2,1-2H3,(H,33,34,35). The normalized spacial score (nSPS) is 20.0. The van der Waals surface area contributed by atoms with Crippen LogP contribution in [0.5, 0.6) is 11.5 Å². The van der Waals surface area contributed by atoms with Crippen molar-refractivity contribution in [2.24, 2.45) is 17.8 Å². The molecule has 40 heavy (non-hydrogen) atoms. The quantitative estimate of drug-likeness (QED) is 0.244. The molecule has 4 heterocycles. The van der Waals surface area contributed by atoms with Crippen LogP contribution in [-0.2, 0) is 6.54 Å². The number of pyridine rings is 1. The topological polar surface area (TPSA) is 96.3 Å². The number of piperidine rings is 1. The Hall–Kier alpha value is -3.92. The first-order chi connectivity index (χ1) is 19.5. The Balaban J connectivity index is 1.05. The van der Waals surface area contributed by atoms with Gasteiger partial charge in [0, 0.05) is 43.2 Å². The second-order valence-corrected chi connectivity index (χ2v) is 11.8. The first-order valence-electron chi connectivity index (χ1n) is 13.6. The molecular weight excluding hydrogens is 520 g/mol. The van der Waals surface area contributed by atoms with Gasteiger partial charge in [-0.2, -0.15) is 0 Å². The summed E-state index contributed by atoms with van der Waals surface area (Å²) in [5.74, 6) is 4.09. The lowest BCUT2D eigenvalue weighted by Gasteiger charge is -2.19. The molecule has 2 unspecified atom stereocenters. The molecule has 0 spiro atoms. The van der Waals surface area contributed by atoms with E-state index < -0.39 is 0 Å². The number of nitrogens with zero attached hydrogens (tertiary/aromatic N) is 5. The number of hydrogen-bond acceptors (Lipinski definition) is 9. The van der Waals surface area contributed by atoms with Crippen molar-refractivity contribution in [3.8, 4) is 22.1 Å². The van der Waals surface area contributed by atoms with Gasteiger partial charge in [0.05, 0.1) is 6.20 Å². The fourth-order valence-corrected chi connectivity index (χ4v) is 6.65. The Bertz CT molecular complexity index is 1660. The molecule has 7 rings (SSSR count). The number of fused-ring (bicyclic) bond motifs is 2. The highest BCUT2D eigenvalue weighted by Gasteiger charge is 2.54. The number of aliphatic hydroxyl groups excluding tert-OH is 1. The van der Waals surface area contributed by atoms with Crippen LogP contribution in [0.2, 0.25) is 0 Å². The highest BCUT2D eigenvalue weighted by atomic mass is 32.1. The van der Waals surface area contributed by atoms with Gasteiger partial charge in [0.25, 0.3) is 0 Å². The lowest BCUT2D eigenvalue weighted by atomic mass is 10.1. The van der Waals surface area contributed by atoms with Crippen molar-refractivity contribution in [2.45, 2.75) is 20.4 Å². The largest absolute Gasteiger partial charge is 0.455 e. The Kier molecular flexibility index (Phi) is 6.42. The van der Waals surface area contributed by atoms with E-state index in [0.717, 1.165) is 63.2 Å². The molecule has 0 radical (unpaired) electrons. The van der Waals surface area contributed by atoms with Gasteiger partial charge in [-0.1, -0.05) is 35.6 Å². The van der Waals surface area contributed by atoms with Gasteiger partial charge in [-0.15, -0.1) is 0 Å². The molecule has 3 aromatic heterocycles. The first-order valence-corrected chi connectivity index (χ1v) is 14.4. The number of nitrogens with one attached hydrogen (secondary N) is 1. The molecule has 2 fully saturated rings. The fraction of sp³-hybridized carbons (Fsp3) is 0.290. The Morgan fingerprint density at radius 1 is 1.00 bits per heavy atom. The SMILES string of the molecule is Cc1ccc(Oc2ccc(Nc3ncnc4sc(-c5ccc(CN6CC7C(CO)C7C6)cc5)nc34)cc2C)cn1. The van der Waals surface area contributed by atoms with Gasteiger partial charge >= 0.3 is 0 Å². The first kappa shape index (κ1) is 25.1. The van der Waals surface area contributed by atoms with Crippen molar-refractivity contribution in [3.05, 3.63) is 83.9 Å². The van der Waals surface area contributed by atoms with Gasteiger partial charge in [0.1, 0.15) is 33.2 Å². The van der Waals surface area contributed by atoms with E-state index in [0.29, 0.717) is 35.9 Å². The van der Waals surface area contributed by atoms with Gasteiger partial charge in [-0.25, -0.2) is 15.0 Å². The molecule has 2 N–H and O–H groups in total. The predicted molar refractivity (Wildman–Crippen MR) is 157 cm³/mol. The van der Waals surface area contributed by atoms with Crippen LogP contribution in [0.25, 0.3) is 20.9 Å². The summed E-state index contributed by atoms with van der Waals surface area (Å²) in [7, 11) is 0. The minimum atomic E-state index is 0.342. The van der Waals surface area contributed by atoms with E-state index in [2.05, 4.69) is 49.4 Å². The smallest absolute Gasteiger partial charge is 0.161 e. The number of thiazole rings is 1. The van der Waals surface area contributed by atoms with E-state index in [1.807, 2.05) is 44.2 Å². The van der Waals surface area contributed by atoms with Gasteiger partial charge in [0.15, 0.2) is 5.82 Å². The van der Waals surface area contributed by atoms with Gasteiger partial charge < -0.3 is 15.2 Å². The fourth-order valence-electron chi connectivity index (χ4n) is 5.74. The molecule has 0 bridgehead atoms. The van der Waals surface area contributed by atoms with Gasteiger partial charge in [-0.05, 0) is 73.1 Å². The maximum Gasteiger partial charge on any atom is 0.161 e. The maximum absolute atomic E-state index is 9.40. The minimum Gasteiger partial charge on any atom is -0.455 e. The average Bonchev–Trinajstić information content (AvgIpc) is 3.26. The molecule has 2 aliphatic rings. The van der Waals surface area contributed by atoms with E-state index in [1.54, 1.807) is 23.9 Å². The van der Waals surface area contributed by atoms with Gasteiger partial charge in [-0.3, -0.25) is 9.88 Å². The number of ether oxygens (including phenoxy) is 1. The number of hydrogen-bond donors (Lipinski definition) is 2. The molecule has 9 heteroatoms. The third-order valence-electron chi connectivity index (χ3n) is 8.01. The van der Waals surface area contributed by atoms with Gasteiger partial charge in [0.2, 0.25) is 0 Å². The summed E-state index contributed by atoms with van der Waals surface area (Å²) in [5.41, 5.74) is 5.98. The molecule has 1 aliphatic carbocycles. The minimum absolute atomic E-state index is 0.342. The van der Waals surface area contributed by atoms with Crippen molar-refractivity contribution in [3.63, 3.8) is 0 Å². The average molecular weight is 551 g/mol. The van der Waals surface area contributed by atoms with Crippen molar-refractivity contribution < 1.29 is 9.84 Å². The van der Waals surface area contributed by atoms with E-state index in [-0.39, 0.29) is 0 Å². The molecule has 2 aromatic carbocycles. The van der Waals surface area contributed by atoms with E-state index >= 15 is 0 Å². The summed E-state index contributed by atoms with van der Waals surface area (Å²) in [4.78, 5) is 21.5. The lowest BCUT2D eigenvalue weighted by Crippen LogP contribution is -2.24. The summed E-state index contributed by atoms with van der Waals surface area (Å²) < 4.78 is 6.01. The summed E-state index contributed by atoms with van der Waals surface area (Å²) >= 11 is 1.57. The molecule has 1 aliphatic heterocycles. The van der Waals surface area contributed by atoms with Crippen LogP contribution in [-0.4, -0.2) is 49.6 Å². The molecule has 1 saturated heterocycles. The lowest BCUT2D eigenvalue weighted by molar-refractivity contribution is 0.217. The van der Waals surface area contributed by atoms with Crippen molar-refractivity contribution in [1.82, 2.24) is 24.8 Å². The van der Waals surface area contributed by atoms with Crippen LogP contribution in [0.3, 0.4) is 0 Å².